The van der Waals surface area contributed by atoms with Crippen LogP contribution in [0.15, 0.2) is 267 Å². The minimum atomic E-state index is 0.609. The number of nitrogens with zero attached hydrogens (tertiary/aromatic N) is 4. The molecule has 0 aliphatic heterocycles. The first kappa shape index (κ1) is 41.0. The zero-order valence-electron chi connectivity index (χ0n) is 37.7. The maximum Gasteiger partial charge on any atom is 0.187 e. The number of anilines is 6. The van der Waals surface area contributed by atoms with E-state index in [1.54, 1.807) is 0 Å². The highest BCUT2D eigenvalue weighted by Crippen LogP contribution is 2.45. The fourth-order valence-electron chi connectivity index (χ4n) is 9.89. The average Bonchev–Trinajstić information content (AvgIpc) is 3.76. The number of fused-ring (bicyclic) bond motifs is 4. The Hall–Kier alpha value is -9.43. The predicted molar refractivity (Wildman–Crippen MR) is 290 cm³/mol. The number of para-hydroxylation sites is 2. The van der Waals surface area contributed by atoms with Crippen LogP contribution in [-0.4, -0.2) is 4.57 Å². The van der Waals surface area contributed by atoms with Crippen molar-refractivity contribution in [2.45, 2.75) is 0 Å². The first-order valence-corrected chi connectivity index (χ1v) is 23.3. The van der Waals surface area contributed by atoms with E-state index in [0.29, 0.717) is 5.69 Å². The lowest BCUT2D eigenvalue weighted by atomic mass is 9.95. The fourth-order valence-corrected chi connectivity index (χ4v) is 9.89. The predicted octanol–water partition coefficient (Wildman–Crippen LogP) is 18.4. The highest BCUT2D eigenvalue weighted by molar-refractivity contribution is 6.11. The summed E-state index contributed by atoms with van der Waals surface area (Å²) in [6.45, 7) is 7.66. The van der Waals surface area contributed by atoms with Crippen molar-refractivity contribution in [2.75, 3.05) is 9.80 Å². The molecule has 0 saturated heterocycles. The number of hydrogen-bond donors (Lipinski definition) is 0. The molecule has 1 heterocycles. The van der Waals surface area contributed by atoms with E-state index in [1.807, 2.05) is 24.3 Å². The van der Waals surface area contributed by atoms with Gasteiger partial charge in [0.15, 0.2) is 5.69 Å². The van der Waals surface area contributed by atoms with E-state index in [4.69, 9.17) is 6.57 Å². The van der Waals surface area contributed by atoms with Crippen molar-refractivity contribution in [3.63, 3.8) is 0 Å². The molecule has 0 unspecified atom stereocenters. The molecule has 0 amide bonds. The van der Waals surface area contributed by atoms with E-state index in [1.165, 1.54) is 38.4 Å². The van der Waals surface area contributed by atoms with E-state index in [0.717, 1.165) is 67.4 Å². The Morgan fingerprint density at radius 3 is 1.32 bits per heavy atom. The van der Waals surface area contributed by atoms with E-state index >= 15 is 0 Å². The summed E-state index contributed by atoms with van der Waals surface area (Å²) in [5, 5.41) is 4.69. The molecule has 0 N–H and O–H groups in total. The Balaban J connectivity index is 0.949. The van der Waals surface area contributed by atoms with Gasteiger partial charge < -0.3 is 14.4 Å². The van der Waals surface area contributed by atoms with E-state index in [2.05, 4.69) is 262 Å². The Bertz CT molecular complexity index is 3720. The summed E-state index contributed by atoms with van der Waals surface area (Å²) < 4.78 is 2.34. The minimum Gasteiger partial charge on any atom is -0.311 e. The number of benzene rings is 11. The van der Waals surface area contributed by atoms with Crippen LogP contribution in [0.3, 0.4) is 0 Å². The quantitative estimate of drug-likeness (QED) is 0.127. The third kappa shape index (κ3) is 7.65. The maximum absolute atomic E-state index is 7.66. The molecule has 324 valence electrons. The van der Waals surface area contributed by atoms with Gasteiger partial charge in [-0.05, 0) is 130 Å². The molecule has 4 heteroatoms. The largest absolute Gasteiger partial charge is 0.311 e. The monoisotopic (exact) mass is 880 g/mol. The molecule has 0 bridgehead atoms. The Morgan fingerprint density at radius 2 is 0.739 bits per heavy atom. The molecule has 1 aromatic heterocycles. The molecule has 0 aliphatic carbocycles. The fraction of sp³-hybridized carbons (Fsp3) is 0. The summed E-state index contributed by atoms with van der Waals surface area (Å²) in [5.74, 6) is 0. The van der Waals surface area contributed by atoms with Crippen molar-refractivity contribution in [3.05, 3.63) is 278 Å². The third-order valence-electron chi connectivity index (χ3n) is 13.2. The molecule has 12 rings (SSSR count). The number of aromatic nitrogens is 1. The van der Waals surface area contributed by atoms with Gasteiger partial charge in [-0.1, -0.05) is 176 Å². The van der Waals surface area contributed by atoms with Gasteiger partial charge in [-0.15, -0.1) is 0 Å². The van der Waals surface area contributed by atoms with Crippen molar-refractivity contribution in [3.8, 4) is 39.1 Å². The van der Waals surface area contributed by atoms with Gasteiger partial charge in [0, 0.05) is 50.3 Å². The number of rotatable bonds is 10. The van der Waals surface area contributed by atoms with Gasteiger partial charge in [0.25, 0.3) is 0 Å². The lowest BCUT2D eigenvalue weighted by Crippen LogP contribution is -2.10. The standard InChI is InChI=1S/C65H44N4/c1-66-51-31-39-54(40-32-51)67(57-41-43-65-62(45-57)61-23-13-14-24-63(61)69(65)52-19-9-4-10-20-52)53-37-29-50(30-38-53)58-42-44-64(60-22-12-11-21-59(58)60)68(55-33-25-48(26-34-55)46-15-5-2-6-16-46)56-35-27-49(28-36-56)47-17-7-3-8-18-47/h2-45H. The van der Waals surface area contributed by atoms with Crippen LogP contribution >= 0.6 is 0 Å². The molecule has 0 saturated carbocycles. The molecule has 4 nitrogen and oxygen atoms in total. The molecule has 0 aliphatic rings. The van der Waals surface area contributed by atoms with Crippen LogP contribution in [-0.2, 0) is 0 Å². The molecular weight excluding hydrogens is 837 g/mol. The lowest BCUT2D eigenvalue weighted by molar-refractivity contribution is 1.18. The van der Waals surface area contributed by atoms with Gasteiger partial charge in [0.2, 0.25) is 0 Å². The first-order chi connectivity index (χ1) is 34.2. The Labute approximate surface area is 402 Å². The van der Waals surface area contributed by atoms with Crippen molar-refractivity contribution in [1.29, 1.82) is 0 Å². The highest BCUT2D eigenvalue weighted by atomic mass is 15.1. The Morgan fingerprint density at radius 1 is 0.304 bits per heavy atom. The van der Waals surface area contributed by atoms with E-state index < -0.39 is 0 Å². The normalized spacial score (nSPS) is 11.2. The van der Waals surface area contributed by atoms with E-state index in [9.17, 15) is 0 Å². The molecule has 0 radical (unpaired) electrons. The second kappa shape index (κ2) is 17.8. The minimum absolute atomic E-state index is 0.609. The Kier molecular flexibility index (Phi) is 10.6. The van der Waals surface area contributed by atoms with E-state index in [-0.39, 0.29) is 0 Å². The van der Waals surface area contributed by atoms with Crippen LogP contribution in [0.25, 0.3) is 76.5 Å². The lowest BCUT2D eigenvalue weighted by Gasteiger charge is -2.28. The van der Waals surface area contributed by atoms with Crippen molar-refractivity contribution >= 4 is 72.4 Å². The summed E-state index contributed by atoms with van der Waals surface area (Å²) in [6.07, 6.45) is 0. The van der Waals surface area contributed by atoms with Crippen LogP contribution in [0.4, 0.5) is 39.8 Å². The summed E-state index contributed by atoms with van der Waals surface area (Å²) in [4.78, 5) is 8.37. The summed E-state index contributed by atoms with van der Waals surface area (Å²) in [5.41, 5.74) is 17.4. The summed E-state index contributed by atoms with van der Waals surface area (Å²) in [6, 6.07) is 94.9. The summed E-state index contributed by atoms with van der Waals surface area (Å²) in [7, 11) is 0. The van der Waals surface area contributed by atoms with Gasteiger partial charge in [-0.2, -0.15) is 0 Å². The van der Waals surface area contributed by atoms with Crippen LogP contribution in [0.1, 0.15) is 0 Å². The zero-order valence-corrected chi connectivity index (χ0v) is 37.7. The highest BCUT2D eigenvalue weighted by Gasteiger charge is 2.20. The van der Waals surface area contributed by atoms with Gasteiger partial charge in [0.1, 0.15) is 0 Å². The van der Waals surface area contributed by atoms with Crippen LogP contribution in [0.2, 0.25) is 0 Å². The summed E-state index contributed by atoms with van der Waals surface area (Å²) >= 11 is 0. The molecule has 11 aromatic carbocycles. The van der Waals surface area contributed by atoms with Crippen molar-refractivity contribution in [1.82, 2.24) is 4.57 Å². The van der Waals surface area contributed by atoms with Gasteiger partial charge in [0.05, 0.1) is 23.3 Å². The average molecular weight is 881 g/mol. The molecule has 12 aromatic rings. The van der Waals surface area contributed by atoms with Gasteiger partial charge in [-0.25, -0.2) is 4.85 Å². The molecule has 0 fully saturated rings. The molecule has 69 heavy (non-hydrogen) atoms. The third-order valence-corrected chi connectivity index (χ3v) is 13.2. The topological polar surface area (TPSA) is 15.8 Å². The maximum atomic E-state index is 7.66. The SMILES string of the molecule is [C-]#[N+]c1ccc(N(c2ccc(-c3ccc(N(c4ccc(-c5ccccc5)cc4)c4ccc(-c5ccccc5)cc4)c4ccccc34)cc2)c2ccc3c(c2)c2ccccc2n3-c2ccccc2)cc1. The van der Waals surface area contributed by atoms with Gasteiger partial charge in [-0.3, -0.25) is 0 Å². The first-order valence-electron chi connectivity index (χ1n) is 23.3. The zero-order chi connectivity index (χ0) is 46.1. The second-order valence-electron chi connectivity index (χ2n) is 17.2. The molecule has 0 spiro atoms. The van der Waals surface area contributed by atoms with Crippen LogP contribution < -0.4 is 9.80 Å². The van der Waals surface area contributed by atoms with Crippen LogP contribution in [0.5, 0.6) is 0 Å². The van der Waals surface area contributed by atoms with Crippen LogP contribution in [0, 0.1) is 6.57 Å². The van der Waals surface area contributed by atoms with Gasteiger partial charge >= 0.3 is 0 Å². The van der Waals surface area contributed by atoms with Crippen molar-refractivity contribution < 1.29 is 0 Å². The second-order valence-corrected chi connectivity index (χ2v) is 17.2. The smallest absolute Gasteiger partial charge is 0.187 e. The molecular formula is C65H44N4. The van der Waals surface area contributed by atoms with Crippen molar-refractivity contribution in [2.24, 2.45) is 0 Å². The molecule has 0 atom stereocenters. The number of hydrogen-bond acceptors (Lipinski definition) is 2.